The van der Waals surface area contributed by atoms with E-state index in [-0.39, 0.29) is 5.91 Å². The Labute approximate surface area is 195 Å². The molecule has 0 unspecified atom stereocenters. The summed E-state index contributed by atoms with van der Waals surface area (Å²) in [5, 5.41) is 4.68. The number of methoxy groups -OCH3 is 1. The summed E-state index contributed by atoms with van der Waals surface area (Å²) in [4.78, 5) is 21.9. The Balaban J connectivity index is 1.20. The SMILES string of the molecule is COc1cccc2cc(C(=O)N3CCN(Cc4csc(-c5ccc(Cl)cc5)n4)CC3)oc12. The number of hydrogen-bond acceptors (Lipinski definition) is 6. The van der Waals surface area contributed by atoms with Gasteiger partial charge in [0.1, 0.15) is 5.01 Å². The van der Waals surface area contributed by atoms with Crippen molar-refractivity contribution < 1.29 is 13.9 Å². The molecule has 6 nitrogen and oxygen atoms in total. The van der Waals surface area contributed by atoms with Crippen LogP contribution in [0.1, 0.15) is 16.2 Å². The van der Waals surface area contributed by atoms with E-state index in [0.29, 0.717) is 30.2 Å². The number of carbonyl (C=O) groups excluding carboxylic acids is 1. The van der Waals surface area contributed by atoms with Crippen LogP contribution in [0.15, 0.2) is 58.3 Å². The summed E-state index contributed by atoms with van der Waals surface area (Å²) < 4.78 is 11.2. The van der Waals surface area contributed by atoms with Crippen LogP contribution < -0.4 is 4.74 Å². The third kappa shape index (κ3) is 4.24. The molecule has 1 aliphatic rings. The van der Waals surface area contributed by atoms with E-state index >= 15 is 0 Å². The molecule has 2 aromatic carbocycles. The van der Waals surface area contributed by atoms with E-state index in [1.54, 1.807) is 24.5 Å². The van der Waals surface area contributed by atoms with E-state index in [1.165, 1.54) is 0 Å². The Bertz CT molecular complexity index is 1240. The van der Waals surface area contributed by atoms with Gasteiger partial charge in [0.15, 0.2) is 17.1 Å². The normalized spacial score (nSPS) is 14.8. The van der Waals surface area contributed by atoms with Crippen molar-refractivity contribution in [3.05, 3.63) is 70.4 Å². The molecule has 164 valence electrons. The highest BCUT2D eigenvalue weighted by molar-refractivity contribution is 7.13. The van der Waals surface area contributed by atoms with Crippen LogP contribution >= 0.6 is 22.9 Å². The first kappa shape index (κ1) is 21.0. The van der Waals surface area contributed by atoms with E-state index < -0.39 is 0 Å². The fourth-order valence-corrected chi connectivity index (χ4v) is 4.84. The molecule has 2 aromatic heterocycles. The van der Waals surface area contributed by atoms with Gasteiger partial charge < -0.3 is 14.1 Å². The lowest BCUT2D eigenvalue weighted by molar-refractivity contribution is 0.0599. The minimum Gasteiger partial charge on any atom is -0.493 e. The molecule has 1 saturated heterocycles. The summed E-state index contributed by atoms with van der Waals surface area (Å²) in [5.74, 6) is 0.902. The maximum absolute atomic E-state index is 13.0. The lowest BCUT2D eigenvalue weighted by atomic mass is 10.2. The summed E-state index contributed by atoms with van der Waals surface area (Å²) in [6.45, 7) is 3.67. The number of aromatic nitrogens is 1. The molecule has 0 saturated carbocycles. The zero-order valence-corrected chi connectivity index (χ0v) is 19.2. The highest BCUT2D eigenvalue weighted by Gasteiger charge is 2.25. The topological polar surface area (TPSA) is 58.8 Å². The van der Waals surface area contributed by atoms with Crippen molar-refractivity contribution in [3.63, 3.8) is 0 Å². The first-order valence-electron chi connectivity index (χ1n) is 10.4. The Kier molecular flexibility index (Phi) is 5.87. The van der Waals surface area contributed by atoms with Crippen LogP contribution in [0.25, 0.3) is 21.5 Å². The molecule has 1 aliphatic heterocycles. The number of halogens is 1. The molecule has 1 fully saturated rings. The van der Waals surface area contributed by atoms with Crippen LogP contribution in [0.3, 0.4) is 0 Å². The monoisotopic (exact) mass is 467 g/mol. The number of thiazole rings is 1. The summed E-state index contributed by atoms with van der Waals surface area (Å²) in [7, 11) is 1.60. The molecule has 1 amide bonds. The largest absolute Gasteiger partial charge is 0.493 e. The van der Waals surface area contributed by atoms with Crippen molar-refractivity contribution in [3.8, 4) is 16.3 Å². The number of fused-ring (bicyclic) bond motifs is 1. The minimum absolute atomic E-state index is 0.0819. The number of piperazine rings is 1. The molecule has 4 aromatic rings. The second-order valence-electron chi connectivity index (χ2n) is 7.71. The fourth-order valence-electron chi connectivity index (χ4n) is 3.90. The van der Waals surface area contributed by atoms with Gasteiger partial charge in [-0.15, -0.1) is 11.3 Å². The van der Waals surface area contributed by atoms with E-state index in [1.807, 2.05) is 47.4 Å². The predicted octanol–water partition coefficient (Wildman–Crippen LogP) is 5.18. The van der Waals surface area contributed by atoms with Crippen LogP contribution in [0.4, 0.5) is 0 Å². The van der Waals surface area contributed by atoms with Gasteiger partial charge in [0, 0.05) is 54.1 Å². The molecule has 0 bridgehead atoms. The number of carbonyl (C=O) groups is 1. The van der Waals surface area contributed by atoms with Crippen molar-refractivity contribution in [2.75, 3.05) is 33.3 Å². The van der Waals surface area contributed by atoms with Crippen molar-refractivity contribution in [1.82, 2.24) is 14.8 Å². The highest BCUT2D eigenvalue weighted by atomic mass is 35.5. The van der Waals surface area contributed by atoms with Crippen molar-refractivity contribution in [2.45, 2.75) is 6.54 Å². The van der Waals surface area contributed by atoms with Crippen molar-refractivity contribution in [2.24, 2.45) is 0 Å². The van der Waals surface area contributed by atoms with Gasteiger partial charge in [-0.1, -0.05) is 35.9 Å². The molecule has 5 rings (SSSR count). The summed E-state index contributed by atoms with van der Waals surface area (Å²) in [5.41, 5.74) is 2.73. The van der Waals surface area contributed by atoms with Gasteiger partial charge in [0.2, 0.25) is 0 Å². The number of furan rings is 1. The van der Waals surface area contributed by atoms with Crippen LogP contribution in [-0.4, -0.2) is 54.0 Å². The summed E-state index contributed by atoms with van der Waals surface area (Å²) in [6, 6.07) is 15.2. The van der Waals surface area contributed by atoms with Gasteiger partial charge in [-0.3, -0.25) is 9.69 Å². The molecule has 8 heteroatoms. The second-order valence-corrected chi connectivity index (χ2v) is 9.00. The van der Waals surface area contributed by atoms with Gasteiger partial charge in [0.05, 0.1) is 12.8 Å². The van der Waals surface area contributed by atoms with Gasteiger partial charge >= 0.3 is 0 Å². The van der Waals surface area contributed by atoms with E-state index in [2.05, 4.69) is 10.3 Å². The zero-order valence-electron chi connectivity index (χ0n) is 17.6. The van der Waals surface area contributed by atoms with Crippen LogP contribution in [-0.2, 0) is 6.54 Å². The number of para-hydroxylation sites is 1. The Morgan fingerprint density at radius 3 is 2.69 bits per heavy atom. The number of benzene rings is 2. The molecule has 3 heterocycles. The Hall–Kier alpha value is -2.87. The van der Waals surface area contributed by atoms with E-state index in [9.17, 15) is 4.79 Å². The average Bonchev–Trinajstić information content (AvgIpc) is 3.46. The molecular formula is C24H22ClN3O3S. The molecule has 32 heavy (non-hydrogen) atoms. The van der Waals surface area contributed by atoms with Gasteiger partial charge in [-0.2, -0.15) is 0 Å². The minimum atomic E-state index is -0.0819. The molecule has 0 aliphatic carbocycles. The summed E-state index contributed by atoms with van der Waals surface area (Å²) >= 11 is 7.61. The molecule has 0 spiro atoms. The van der Waals surface area contributed by atoms with E-state index in [4.69, 9.17) is 25.7 Å². The maximum Gasteiger partial charge on any atom is 0.289 e. The standard InChI is InChI=1S/C24H22ClN3O3S/c1-30-20-4-2-3-17-13-21(31-22(17)20)24(29)28-11-9-27(10-12-28)14-19-15-32-23(26-19)16-5-7-18(25)8-6-16/h2-8,13,15H,9-12,14H2,1H3. The smallest absolute Gasteiger partial charge is 0.289 e. The second kappa shape index (κ2) is 8.94. The first-order chi connectivity index (χ1) is 15.6. The highest BCUT2D eigenvalue weighted by Crippen LogP contribution is 2.29. The third-order valence-electron chi connectivity index (χ3n) is 5.63. The fraction of sp³-hybridized carbons (Fsp3) is 0.250. The number of rotatable bonds is 5. The average molecular weight is 468 g/mol. The van der Waals surface area contributed by atoms with Crippen molar-refractivity contribution in [1.29, 1.82) is 0 Å². The van der Waals surface area contributed by atoms with Gasteiger partial charge in [0.25, 0.3) is 5.91 Å². The lowest BCUT2D eigenvalue weighted by Crippen LogP contribution is -2.48. The van der Waals surface area contributed by atoms with Crippen LogP contribution in [0.2, 0.25) is 5.02 Å². The predicted molar refractivity (Wildman–Crippen MR) is 127 cm³/mol. The Morgan fingerprint density at radius 1 is 1.16 bits per heavy atom. The first-order valence-corrected chi connectivity index (χ1v) is 11.6. The number of amides is 1. The maximum atomic E-state index is 13.0. The quantitative estimate of drug-likeness (QED) is 0.405. The molecule has 0 N–H and O–H groups in total. The number of nitrogens with zero attached hydrogens (tertiary/aromatic N) is 3. The van der Waals surface area contributed by atoms with Crippen LogP contribution in [0, 0.1) is 0 Å². The number of ether oxygens (including phenoxy) is 1. The number of hydrogen-bond donors (Lipinski definition) is 0. The van der Waals surface area contributed by atoms with Crippen molar-refractivity contribution >= 4 is 39.8 Å². The summed E-state index contributed by atoms with van der Waals surface area (Å²) in [6.07, 6.45) is 0. The molecule has 0 atom stereocenters. The third-order valence-corrected chi connectivity index (χ3v) is 6.82. The zero-order chi connectivity index (χ0) is 22.1. The molecule has 0 radical (unpaired) electrons. The van der Waals surface area contributed by atoms with Crippen LogP contribution in [0.5, 0.6) is 5.75 Å². The van der Waals surface area contributed by atoms with Gasteiger partial charge in [-0.05, 0) is 24.3 Å². The van der Waals surface area contributed by atoms with E-state index in [0.717, 1.165) is 46.3 Å². The molecular weight excluding hydrogens is 446 g/mol. The Morgan fingerprint density at radius 2 is 1.94 bits per heavy atom. The lowest BCUT2D eigenvalue weighted by Gasteiger charge is -2.33. The van der Waals surface area contributed by atoms with Gasteiger partial charge in [-0.25, -0.2) is 4.98 Å².